The predicted octanol–water partition coefficient (Wildman–Crippen LogP) is 1.23. The van der Waals surface area contributed by atoms with Crippen LogP contribution in [0.3, 0.4) is 0 Å². The van der Waals surface area contributed by atoms with E-state index in [2.05, 4.69) is 25.6 Å². The second kappa shape index (κ2) is 8.16. The first-order valence-electron chi connectivity index (χ1n) is 8.23. The normalized spacial score (nSPS) is 12.1. The van der Waals surface area contributed by atoms with E-state index < -0.39 is 0 Å². The van der Waals surface area contributed by atoms with Crippen LogP contribution in [0, 0.1) is 6.92 Å². The van der Waals surface area contributed by atoms with Crippen molar-refractivity contribution in [3.8, 4) is 5.75 Å². The summed E-state index contributed by atoms with van der Waals surface area (Å²) in [5, 5.41) is 12.5. The van der Waals surface area contributed by atoms with Crippen LogP contribution in [-0.4, -0.2) is 45.0 Å². The van der Waals surface area contributed by atoms with Gasteiger partial charge in [-0.1, -0.05) is 6.07 Å². The summed E-state index contributed by atoms with van der Waals surface area (Å²) in [7, 11) is 0. The molecule has 10 heteroatoms. The van der Waals surface area contributed by atoms with Gasteiger partial charge < -0.3 is 25.5 Å². The summed E-state index contributed by atoms with van der Waals surface area (Å²) in [4.78, 5) is 43.5. The van der Waals surface area contributed by atoms with Crippen LogP contribution in [0.1, 0.15) is 21.6 Å². The number of amides is 2. The van der Waals surface area contributed by atoms with Crippen molar-refractivity contribution in [3.05, 3.63) is 47.5 Å². The number of fused-ring (bicyclic) bond motifs is 2. The number of aromatic nitrogens is 3. The number of carbonyl (C=O) groups excluding carboxylic acids is 2. The van der Waals surface area contributed by atoms with Gasteiger partial charge in [-0.15, -0.1) is 0 Å². The van der Waals surface area contributed by atoms with Crippen LogP contribution >= 0.6 is 0 Å². The van der Waals surface area contributed by atoms with Crippen molar-refractivity contribution in [1.29, 1.82) is 0 Å². The molecule has 4 rings (SSSR count). The minimum Gasteiger partial charge on any atom is -0.483 e. The number of anilines is 1. The molecule has 0 spiro atoms. The molecule has 0 radical (unpaired) electrons. The molecule has 1 aromatic carbocycles. The van der Waals surface area contributed by atoms with Crippen molar-refractivity contribution in [2.75, 3.05) is 11.9 Å². The Morgan fingerprint density at radius 1 is 1.39 bits per heavy atom. The number of aromatic amines is 1. The first kappa shape index (κ1) is 18.8. The molecule has 1 aliphatic rings. The summed E-state index contributed by atoms with van der Waals surface area (Å²) in [5.41, 5.74) is 4.04. The van der Waals surface area contributed by atoms with Gasteiger partial charge in [-0.25, -0.2) is 9.97 Å². The molecule has 28 heavy (non-hydrogen) atoms. The number of hydrogen-bond donors (Lipinski definition) is 4. The third-order valence-electron chi connectivity index (χ3n) is 4.00. The lowest BCUT2D eigenvalue weighted by Gasteiger charge is -2.18. The maximum absolute atomic E-state index is 12.5. The van der Waals surface area contributed by atoms with Gasteiger partial charge in [0.05, 0.1) is 16.7 Å². The molecule has 0 unspecified atom stereocenters. The molecule has 3 heterocycles. The minimum absolute atomic E-state index is 0.0162. The molecule has 0 aliphatic carbocycles. The van der Waals surface area contributed by atoms with Crippen LogP contribution < -0.4 is 15.4 Å². The highest BCUT2D eigenvalue weighted by Gasteiger charge is 2.17. The predicted molar refractivity (Wildman–Crippen MR) is 99.1 cm³/mol. The van der Waals surface area contributed by atoms with Gasteiger partial charge in [0.2, 0.25) is 0 Å². The van der Waals surface area contributed by atoms with E-state index in [1.165, 1.54) is 6.33 Å². The number of nitrogens with one attached hydrogen (secondary N) is 3. The standard InChI is InChI=1S/C17H15N5O3.CH2O2/c1-9-5-18-15-14(9)20-8-21-16(15)17(24)19-6-10-2-3-12-11(4-10)22-13(23)7-25-12;2-1-3/h2-5,8,18H,6-7H2,1H3,(H,19,24)(H,22,23);1H,(H,2,3). The Kier molecular flexibility index (Phi) is 5.49. The van der Waals surface area contributed by atoms with E-state index in [4.69, 9.17) is 14.6 Å². The molecule has 3 aromatic rings. The van der Waals surface area contributed by atoms with Gasteiger partial charge >= 0.3 is 0 Å². The molecule has 0 saturated heterocycles. The highest BCUT2D eigenvalue weighted by Crippen LogP contribution is 2.28. The average Bonchev–Trinajstić information content (AvgIpc) is 3.07. The number of H-pyrrole nitrogens is 1. The fourth-order valence-electron chi connectivity index (χ4n) is 2.75. The zero-order valence-electron chi connectivity index (χ0n) is 14.9. The summed E-state index contributed by atoms with van der Waals surface area (Å²) in [6, 6.07) is 5.39. The first-order chi connectivity index (χ1) is 13.5. The fourth-order valence-corrected chi connectivity index (χ4v) is 2.75. The Labute approximate surface area is 159 Å². The Morgan fingerprint density at radius 3 is 2.96 bits per heavy atom. The molecule has 144 valence electrons. The Bertz CT molecular complexity index is 1050. The SMILES string of the molecule is Cc1c[nH]c2c(C(=O)NCc3ccc4c(c3)NC(=O)CO4)ncnc12.O=CO. The number of carbonyl (C=O) groups is 3. The highest BCUT2D eigenvalue weighted by atomic mass is 16.5. The summed E-state index contributed by atoms with van der Waals surface area (Å²) in [6.07, 6.45) is 3.17. The average molecular weight is 383 g/mol. The van der Waals surface area contributed by atoms with Crippen molar-refractivity contribution >= 4 is 35.0 Å². The Balaban J connectivity index is 0.000000706. The zero-order valence-corrected chi connectivity index (χ0v) is 14.9. The van der Waals surface area contributed by atoms with E-state index in [1.54, 1.807) is 18.3 Å². The summed E-state index contributed by atoms with van der Waals surface area (Å²) >= 11 is 0. The van der Waals surface area contributed by atoms with Crippen molar-refractivity contribution in [1.82, 2.24) is 20.3 Å². The van der Waals surface area contributed by atoms with E-state index in [-0.39, 0.29) is 24.9 Å². The molecule has 0 fully saturated rings. The number of nitrogens with zero attached hydrogens (tertiary/aromatic N) is 2. The monoisotopic (exact) mass is 383 g/mol. The third kappa shape index (κ3) is 3.90. The number of carboxylic acid groups (broad SMARTS) is 1. The lowest BCUT2D eigenvalue weighted by atomic mass is 10.1. The number of benzene rings is 1. The van der Waals surface area contributed by atoms with Crippen LogP contribution in [0.5, 0.6) is 5.75 Å². The van der Waals surface area contributed by atoms with E-state index in [0.29, 0.717) is 29.2 Å². The largest absolute Gasteiger partial charge is 0.483 e. The van der Waals surface area contributed by atoms with E-state index in [0.717, 1.165) is 16.6 Å². The van der Waals surface area contributed by atoms with Crippen LogP contribution in [0.4, 0.5) is 5.69 Å². The van der Waals surface area contributed by atoms with Crippen LogP contribution in [0.25, 0.3) is 11.0 Å². The van der Waals surface area contributed by atoms with E-state index in [9.17, 15) is 9.59 Å². The number of aryl methyl sites for hydroxylation is 1. The quantitative estimate of drug-likeness (QED) is 0.497. The van der Waals surface area contributed by atoms with Crippen molar-refractivity contribution in [2.24, 2.45) is 0 Å². The Morgan fingerprint density at radius 2 is 2.18 bits per heavy atom. The van der Waals surface area contributed by atoms with Gasteiger partial charge in [0.25, 0.3) is 18.3 Å². The van der Waals surface area contributed by atoms with Crippen LogP contribution in [0.2, 0.25) is 0 Å². The van der Waals surface area contributed by atoms with Gasteiger partial charge in [0, 0.05) is 12.7 Å². The molecule has 0 atom stereocenters. The molecular formula is C18H17N5O5. The van der Waals surface area contributed by atoms with Gasteiger partial charge in [-0.2, -0.15) is 0 Å². The molecule has 2 aromatic heterocycles. The van der Waals surface area contributed by atoms with Gasteiger partial charge in [-0.3, -0.25) is 14.4 Å². The van der Waals surface area contributed by atoms with Gasteiger partial charge in [0.15, 0.2) is 12.3 Å². The number of hydrogen-bond acceptors (Lipinski definition) is 6. The van der Waals surface area contributed by atoms with Crippen molar-refractivity contribution in [3.63, 3.8) is 0 Å². The minimum atomic E-state index is -0.299. The maximum atomic E-state index is 12.5. The molecule has 0 saturated carbocycles. The molecule has 1 aliphatic heterocycles. The summed E-state index contributed by atoms with van der Waals surface area (Å²) < 4.78 is 5.32. The van der Waals surface area contributed by atoms with Crippen LogP contribution in [0.15, 0.2) is 30.7 Å². The summed E-state index contributed by atoms with van der Waals surface area (Å²) in [5.74, 6) is 0.125. The molecule has 10 nitrogen and oxygen atoms in total. The number of ether oxygens (including phenoxy) is 1. The number of rotatable bonds is 3. The van der Waals surface area contributed by atoms with Gasteiger partial charge in [-0.05, 0) is 30.2 Å². The molecular weight excluding hydrogens is 366 g/mol. The molecule has 2 amide bonds. The smallest absolute Gasteiger partial charge is 0.290 e. The summed E-state index contributed by atoms with van der Waals surface area (Å²) in [6.45, 7) is 1.98. The Hall–Kier alpha value is -3.95. The van der Waals surface area contributed by atoms with E-state index >= 15 is 0 Å². The topological polar surface area (TPSA) is 146 Å². The lowest BCUT2D eigenvalue weighted by Crippen LogP contribution is -2.26. The highest BCUT2D eigenvalue weighted by molar-refractivity contribution is 6.03. The van der Waals surface area contributed by atoms with Gasteiger partial charge in [0.1, 0.15) is 12.1 Å². The van der Waals surface area contributed by atoms with Crippen molar-refractivity contribution in [2.45, 2.75) is 13.5 Å². The molecule has 0 bridgehead atoms. The lowest BCUT2D eigenvalue weighted by molar-refractivity contribution is -0.123. The first-order valence-corrected chi connectivity index (χ1v) is 8.23. The molecule has 4 N–H and O–H groups in total. The third-order valence-corrected chi connectivity index (χ3v) is 4.00. The van der Waals surface area contributed by atoms with Crippen molar-refractivity contribution < 1.29 is 24.2 Å². The van der Waals surface area contributed by atoms with Crippen LogP contribution in [-0.2, 0) is 16.1 Å². The second-order valence-corrected chi connectivity index (χ2v) is 5.87. The zero-order chi connectivity index (χ0) is 20.1. The second-order valence-electron chi connectivity index (χ2n) is 5.87. The maximum Gasteiger partial charge on any atom is 0.290 e. The van der Waals surface area contributed by atoms with E-state index in [1.807, 2.05) is 13.0 Å². The fraction of sp³-hybridized carbons (Fsp3) is 0.167.